The number of Topliss-reactive ketones (excluding diaryl/α,β-unsaturated/α-hetero) is 1. The molecular formula is C18H23NO5S. The van der Waals surface area contributed by atoms with Crippen molar-refractivity contribution >= 4 is 21.8 Å². The van der Waals surface area contributed by atoms with E-state index in [1.165, 1.54) is 28.6 Å². The molecule has 25 heavy (non-hydrogen) atoms. The van der Waals surface area contributed by atoms with Gasteiger partial charge in [0, 0.05) is 19.5 Å². The van der Waals surface area contributed by atoms with E-state index in [9.17, 15) is 18.0 Å². The Kier molecular flexibility index (Phi) is 5.54. The van der Waals surface area contributed by atoms with E-state index in [0.717, 1.165) is 32.1 Å². The number of hydrogen-bond acceptors (Lipinski definition) is 5. The van der Waals surface area contributed by atoms with Gasteiger partial charge < -0.3 is 4.74 Å². The van der Waals surface area contributed by atoms with Crippen LogP contribution in [0.25, 0.3) is 0 Å². The maximum atomic E-state index is 12.7. The second-order valence-electron chi connectivity index (χ2n) is 6.60. The molecule has 0 bridgehead atoms. The number of sulfonamides is 1. The SMILES string of the molecule is O=C(O[C@@H]1CCCCC1=O)c1cccc(S(=O)(=O)N2CCCCC2)c1. The number of nitrogens with zero attached hydrogens (tertiary/aromatic N) is 1. The average molecular weight is 365 g/mol. The molecule has 1 aliphatic carbocycles. The molecule has 1 heterocycles. The Morgan fingerprint density at radius 1 is 1.08 bits per heavy atom. The van der Waals surface area contributed by atoms with Crippen molar-refractivity contribution < 1.29 is 22.7 Å². The third-order valence-corrected chi connectivity index (χ3v) is 6.67. The number of carbonyl (C=O) groups is 2. The molecular weight excluding hydrogens is 342 g/mol. The van der Waals surface area contributed by atoms with Crippen LogP contribution in [0.1, 0.15) is 55.3 Å². The highest BCUT2D eigenvalue weighted by Gasteiger charge is 2.29. The van der Waals surface area contributed by atoms with E-state index in [0.29, 0.717) is 25.9 Å². The highest BCUT2D eigenvalue weighted by Crippen LogP contribution is 2.23. The fourth-order valence-electron chi connectivity index (χ4n) is 3.31. The van der Waals surface area contributed by atoms with Crippen LogP contribution in [0.4, 0.5) is 0 Å². The summed E-state index contributed by atoms with van der Waals surface area (Å²) in [6.45, 7) is 1.02. The number of carbonyl (C=O) groups excluding carboxylic acids is 2. The topological polar surface area (TPSA) is 80.8 Å². The minimum Gasteiger partial charge on any atom is -0.451 e. The Bertz CT molecular complexity index is 752. The molecule has 0 N–H and O–H groups in total. The summed E-state index contributed by atoms with van der Waals surface area (Å²) in [5.74, 6) is -0.701. The quantitative estimate of drug-likeness (QED) is 0.766. The van der Waals surface area contributed by atoms with Crippen molar-refractivity contribution in [3.8, 4) is 0 Å². The molecule has 1 saturated carbocycles. The van der Waals surface area contributed by atoms with Gasteiger partial charge in [-0.25, -0.2) is 13.2 Å². The van der Waals surface area contributed by atoms with E-state index < -0.39 is 22.1 Å². The Balaban J connectivity index is 1.76. The van der Waals surface area contributed by atoms with Crippen LogP contribution >= 0.6 is 0 Å². The Morgan fingerprint density at radius 2 is 1.84 bits per heavy atom. The molecule has 6 nitrogen and oxygen atoms in total. The van der Waals surface area contributed by atoms with Gasteiger partial charge in [0.25, 0.3) is 0 Å². The molecule has 0 spiro atoms. The zero-order valence-corrected chi connectivity index (χ0v) is 15.0. The monoisotopic (exact) mass is 365 g/mol. The van der Waals surface area contributed by atoms with Gasteiger partial charge in [-0.3, -0.25) is 4.79 Å². The largest absolute Gasteiger partial charge is 0.451 e. The van der Waals surface area contributed by atoms with Crippen LogP contribution in [-0.2, 0) is 19.6 Å². The second-order valence-corrected chi connectivity index (χ2v) is 8.54. The molecule has 1 aromatic rings. The molecule has 3 rings (SSSR count). The summed E-state index contributed by atoms with van der Waals surface area (Å²) in [6, 6.07) is 5.90. The first-order chi connectivity index (χ1) is 12.0. The third kappa shape index (κ3) is 4.10. The fraction of sp³-hybridized carbons (Fsp3) is 0.556. The third-order valence-electron chi connectivity index (χ3n) is 4.77. The molecule has 2 aliphatic rings. The lowest BCUT2D eigenvalue weighted by atomic mass is 9.96. The zero-order valence-electron chi connectivity index (χ0n) is 14.1. The molecule has 0 amide bonds. The van der Waals surface area contributed by atoms with E-state index in [-0.39, 0.29) is 16.2 Å². The van der Waals surface area contributed by atoms with Gasteiger partial charge in [0.15, 0.2) is 11.9 Å². The van der Waals surface area contributed by atoms with E-state index >= 15 is 0 Å². The highest BCUT2D eigenvalue weighted by atomic mass is 32.2. The fourth-order valence-corrected chi connectivity index (χ4v) is 4.87. The predicted molar refractivity (Wildman–Crippen MR) is 91.7 cm³/mol. The molecule has 2 fully saturated rings. The van der Waals surface area contributed by atoms with Crippen molar-refractivity contribution in [3.05, 3.63) is 29.8 Å². The van der Waals surface area contributed by atoms with Crippen LogP contribution < -0.4 is 0 Å². The van der Waals surface area contributed by atoms with Gasteiger partial charge in [-0.1, -0.05) is 12.5 Å². The van der Waals surface area contributed by atoms with E-state index in [2.05, 4.69) is 0 Å². The molecule has 1 aliphatic heterocycles. The van der Waals surface area contributed by atoms with Crippen molar-refractivity contribution in [1.29, 1.82) is 0 Å². The minimum atomic E-state index is -3.60. The number of benzene rings is 1. The molecule has 7 heteroatoms. The van der Waals surface area contributed by atoms with Gasteiger partial charge in [0.2, 0.25) is 10.0 Å². The van der Waals surface area contributed by atoms with Crippen LogP contribution in [0.5, 0.6) is 0 Å². The number of ether oxygens (including phenoxy) is 1. The van der Waals surface area contributed by atoms with Gasteiger partial charge in [-0.15, -0.1) is 0 Å². The predicted octanol–water partition coefficient (Wildman–Crippen LogP) is 2.53. The van der Waals surface area contributed by atoms with Crippen molar-refractivity contribution in [2.75, 3.05) is 13.1 Å². The zero-order chi connectivity index (χ0) is 17.9. The van der Waals surface area contributed by atoms with Gasteiger partial charge in [-0.2, -0.15) is 4.31 Å². The summed E-state index contributed by atoms with van der Waals surface area (Å²) >= 11 is 0. The van der Waals surface area contributed by atoms with E-state index in [1.54, 1.807) is 0 Å². The maximum Gasteiger partial charge on any atom is 0.338 e. The maximum absolute atomic E-state index is 12.7. The number of piperidine rings is 1. The summed E-state index contributed by atoms with van der Waals surface area (Å²) in [5.41, 5.74) is 0.163. The first-order valence-electron chi connectivity index (χ1n) is 8.82. The highest BCUT2D eigenvalue weighted by molar-refractivity contribution is 7.89. The average Bonchev–Trinajstić information content (AvgIpc) is 2.64. The summed E-state index contributed by atoms with van der Waals surface area (Å²) < 4.78 is 32.2. The number of rotatable bonds is 4. The van der Waals surface area contributed by atoms with E-state index in [4.69, 9.17) is 4.74 Å². The number of ketones is 1. The summed E-state index contributed by atoms with van der Waals surface area (Å²) in [7, 11) is -3.60. The van der Waals surface area contributed by atoms with Crippen LogP contribution in [0.15, 0.2) is 29.2 Å². The number of hydrogen-bond donors (Lipinski definition) is 0. The molecule has 0 aromatic heterocycles. The lowest BCUT2D eigenvalue weighted by molar-refractivity contribution is -0.129. The van der Waals surface area contributed by atoms with Crippen LogP contribution in [0, 0.1) is 0 Å². The Morgan fingerprint density at radius 3 is 2.56 bits per heavy atom. The lowest BCUT2D eigenvalue weighted by Gasteiger charge is -2.26. The first kappa shape index (κ1) is 18.1. The van der Waals surface area contributed by atoms with Crippen LogP contribution in [-0.4, -0.2) is 43.7 Å². The van der Waals surface area contributed by atoms with Crippen molar-refractivity contribution in [2.24, 2.45) is 0 Å². The Hall–Kier alpha value is -1.73. The van der Waals surface area contributed by atoms with Crippen LogP contribution in [0.2, 0.25) is 0 Å². The molecule has 136 valence electrons. The van der Waals surface area contributed by atoms with Crippen molar-refractivity contribution in [2.45, 2.75) is 55.9 Å². The number of esters is 1. The standard InChI is InChI=1S/C18H23NO5S/c20-16-9-2-3-10-17(16)24-18(21)14-7-6-8-15(13-14)25(22,23)19-11-4-1-5-12-19/h6-8,13,17H,1-5,9-12H2/t17-/m1/s1. The summed E-state index contributed by atoms with van der Waals surface area (Å²) in [4.78, 5) is 24.2. The van der Waals surface area contributed by atoms with Crippen molar-refractivity contribution in [3.63, 3.8) is 0 Å². The van der Waals surface area contributed by atoms with Gasteiger partial charge in [0.1, 0.15) is 0 Å². The minimum absolute atomic E-state index is 0.0586. The lowest BCUT2D eigenvalue weighted by Crippen LogP contribution is -2.35. The summed E-state index contributed by atoms with van der Waals surface area (Å²) in [6.07, 6.45) is 4.69. The first-order valence-corrected chi connectivity index (χ1v) is 10.3. The smallest absolute Gasteiger partial charge is 0.338 e. The van der Waals surface area contributed by atoms with Gasteiger partial charge in [0.05, 0.1) is 10.5 Å². The molecule has 1 aromatic carbocycles. The van der Waals surface area contributed by atoms with Gasteiger partial charge in [-0.05, 0) is 50.3 Å². The second kappa shape index (κ2) is 7.66. The van der Waals surface area contributed by atoms with Gasteiger partial charge >= 0.3 is 5.97 Å². The molecule has 0 radical (unpaired) electrons. The van der Waals surface area contributed by atoms with E-state index in [1.807, 2.05) is 0 Å². The Labute approximate surface area is 148 Å². The van der Waals surface area contributed by atoms with Crippen LogP contribution in [0.3, 0.4) is 0 Å². The van der Waals surface area contributed by atoms with Crippen molar-refractivity contribution in [1.82, 2.24) is 4.31 Å². The molecule has 1 saturated heterocycles. The normalized spacial score (nSPS) is 22.6. The molecule has 0 unspecified atom stereocenters. The summed E-state index contributed by atoms with van der Waals surface area (Å²) in [5, 5.41) is 0. The molecule has 1 atom stereocenters.